The van der Waals surface area contributed by atoms with Gasteiger partial charge in [0, 0.05) is 11.4 Å². The van der Waals surface area contributed by atoms with Gasteiger partial charge >= 0.3 is 11.8 Å². The number of amides is 2. The second kappa shape index (κ2) is 7.80. The molecular formula is C19H22N2O3S. The highest BCUT2D eigenvalue weighted by Gasteiger charge is 2.46. The van der Waals surface area contributed by atoms with Crippen LogP contribution in [-0.4, -0.2) is 30.0 Å². The largest absolute Gasteiger partial charge is 0.382 e. The van der Waals surface area contributed by atoms with Crippen LogP contribution < -0.4 is 10.6 Å². The van der Waals surface area contributed by atoms with Gasteiger partial charge in [-0.2, -0.15) is 0 Å². The average molecular weight is 358 g/mol. The molecule has 1 fully saturated rings. The summed E-state index contributed by atoms with van der Waals surface area (Å²) in [5.41, 5.74) is 0.0257. The van der Waals surface area contributed by atoms with E-state index in [1.54, 1.807) is 0 Å². The van der Waals surface area contributed by atoms with Crippen LogP contribution in [0.3, 0.4) is 0 Å². The highest BCUT2D eigenvalue weighted by Crippen LogP contribution is 2.46. The van der Waals surface area contributed by atoms with E-state index in [2.05, 4.69) is 10.6 Å². The van der Waals surface area contributed by atoms with Crippen LogP contribution in [0.15, 0.2) is 47.8 Å². The molecule has 1 aliphatic carbocycles. The Hall–Kier alpha value is -2.18. The Morgan fingerprint density at radius 3 is 2.44 bits per heavy atom. The lowest BCUT2D eigenvalue weighted by molar-refractivity contribution is -0.140. The molecule has 2 amide bonds. The number of benzene rings is 1. The predicted molar refractivity (Wildman–Crippen MR) is 97.1 cm³/mol. The van der Waals surface area contributed by atoms with Crippen LogP contribution in [-0.2, 0) is 21.6 Å². The van der Waals surface area contributed by atoms with Crippen LogP contribution in [0.1, 0.15) is 23.3 Å². The topological polar surface area (TPSA) is 78.4 Å². The molecule has 25 heavy (non-hydrogen) atoms. The minimum Gasteiger partial charge on any atom is -0.382 e. The van der Waals surface area contributed by atoms with E-state index in [1.165, 1.54) is 11.3 Å². The fraction of sp³-hybridized carbons (Fsp3) is 0.368. The first-order chi connectivity index (χ1) is 12.1. The van der Waals surface area contributed by atoms with Crippen molar-refractivity contribution in [3.63, 3.8) is 0 Å². The lowest BCUT2D eigenvalue weighted by atomic mass is 9.95. The van der Waals surface area contributed by atoms with Crippen molar-refractivity contribution in [1.29, 1.82) is 0 Å². The smallest absolute Gasteiger partial charge is 0.309 e. The third-order valence-electron chi connectivity index (χ3n) is 4.47. The number of rotatable bonds is 7. The molecule has 1 atom stereocenters. The van der Waals surface area contributed by atoms with Gasteiger partial charge in [-0.1, -0.05) is 36.4 Å². The number of thiophene rings is 1. The summed E-state index contributed by atoms with van der Waals surface area (Å²) >= 11 is 1.47. The minimum atomic E-state index is -1.08. The maximum absolute atomic E-state index is 12.0. The van der Waals surface area contributed by atoms with Crippen molar-refractivity contribution in [1.82, 2.24) is 10.6 Å². The average Bonchev–Trinajstić information content (AvgIpc) is 3.35. The summed E-state index contributed by atoms with van der Waals surface area (Å²) in [6, 6.07) is 13.5. The number of aliphatic hydroxyl groups is 1. The summed E-state index contributed by atoms with van der Waals surface area (Å²) in [6.45, 7) is 0.456. The summed E-state index contributed by atoms with van der Waals surface area (Å²) in [7, 11) is 0. The summed E-state index contributed by atoms with van der Waals surface area (Å²) in [6.07, 6.45) is 2.54. The Balaban J connectivity index is 1.47. The monoisotopic (exact) mass is 358 g/mol. The highest BCUT2D eigenvalue weighted by atomic mass is 32.1. The Morgan fingerprint density at radius 1 is 1.08 bits per heavy atom. The number of hydrogen-bond donors (Lipinski definition) is 3. The van der Waals surface area contributed by atoms with E-state index in [-0.39, 0.29) is 12.5 Å². The van der Waals surface area contributed by atoms with Gasteiger partial charge in [0.1, 0.15) is 5.60 Å². The van der Waals surface area contributed by atoms with E-state index >= 15 is 0 Å². The van der Waals surface area contributed by atoms with Crippen molar-refractivity contribution in [2.24, 2.45) is 5.92 Å². The van der Waals surface area contributed by atoms with Crippen molar-refractivity contribution < 1.29 is 14.7 Å². The summed E-state index contributed by atoms with van der Waals surface area (Å²) in [5.74, 6) is -1.23. The summed E-state index contributed by atoms with van der Waals surface area (Å²) in [4.78, 5) is 24.8. The van der Waals surface area contributed by atoms with Crippen molar-refractivity contribution >= 4 is 23.2 Å². The third-order valence-corrected chi connectivity index (χ3v) is 5.50. The number of hydrogen-bond acceptors (Lipinski definition) is 4. The molecule has 0 bridgehead atoms. The fourth-order valence-corrected chi connectivity index (χ4v) is 3.76. The SMILES string of the molecule is O=C(NCCc1ccccc1)C(=O)NCC(O)(c1cccs1)C1CC1. The molecule has 1 aromatic carbocycles. The van der Waals surface area contributed by atoms with Gasteiger partial charge in [0.05, 0.1) is 6.54 Å². The van der Waals surface area contributed by atoms with Crippen molar-refractivity contribution in [3.8, 4) is 0 Å². The molecule has 1 aliphatic rings. The van der Waals surface area contributed by atoms with Crippen LogP contribution >= 0.6 is 11.3 Å². The number of carbonyl (C=O) groups is 2. The van der Waals surface area contributed by atoms with Gasteiger partial charge in [-0.05, 0) is 42.2 Å². The van der Waals surface area contributed by atoms with Gasteiger partial charge in [-0.3, -0.25) is 9.59 Å². The molecular weight excluding hydrogens is 336 g/mol. The van der Waals surface area contributed by atoms with E-state index in [0.717, 1.165) is 23.3 Å². The molecule has 3 rings (SSSR count). The molecule has 5 nitrogen and oxygen atoms in total. The first-order valence-electron chi connectivity index (χ1n) is 8.46. The molecule has 1 unspecified atom stereocenters. The van der Waals surface area contributed by atoms with Crippen LogP contribution in [0.4, 0.5) is 0 Å². The minimum absolute atomic E-state index is 0.0586. The number of carbonyl (C=O) groups excluding carboxylic acids is 2. The zero-order valence-electron chi connectivity index (χ0n) is 13.9. The molecule has 1 saturated carbocycles. The van der Waals surface area contributed by atoms with E-state index in [0.29, 0.717) is 13.0 Å². The Bertz CT molecular complexity index is 714. The molecule has 3 N–H and O–H groups in total. The van der Waals surface area contributed by atoms with Crippen molar-refractivity contribution in [2.45, 2.75) is 24.9 Å². The third kappa shape index (κ3) is 4.46. The second-order valence-corrected chi connectivity index (χ2v) is 7.30. The fourth-order valence-electron chi connectivity index (χ4n) is 2.86. The summed E-state index contributed by atoms with van der Waals surface area (Å²) in [5, 5.41) is 18.0. The molecule has 6 heteroatoms. The van der Waals surface area contributed by atoms with E-state index in [9.17, 15) is 14.7 Å². The quantitative estimate of drug-likeness (QED) is 0.661. The second-order valence-electron chi connectivity index (χ2n) is 6.35. The van der Waals surface area contributed by atoms with Gasteiger partial charge in [-0.15, -0.1) is 11.3 Å². The summed E-state index contributed by atoms with van der Waals surface area (Å²) < 4.78 is 0. The first kappa shape index (κ1) is 17.6. The lowest BCUT2D eigenvalue weighted by Crippen LogP contribution is -2.47. The van der Waals surface area contributed by atoms with Gasteiger partial charge in [0.2, 0.25) is 0 Å². The lowest BCUT2D eigenvalue weighted by Gasteiger charge is -2.27. The van der Waals surface area contributed by atoms with Crippen molar-refractivity contribution in [3.05, 3.63) is 58.3 Å². The highest BCUT2D eigenvalue weighted by molar-refractivity contribution is 7.10. The van der Waals surface area contributed by atoms with Gasteiger partial charge in [0.25, 0.3) is 0 Å². The molecule has 1 aromatic heterocycles. The van der Waals surface area contributed by atoms with Gasteiger partial charge < -0.3 is 15.7 Å². The normalized spacial score (nSPS) is 16.0. The van der Waals surface area contributed by atoms with E-state index in [4.69, 9.17) is 0 Å². The van der Waals surface area contributed by atoms with Gasteiger partial charge in [0.15, 0.2) is 0 Å². The van der Waals surface area contributed by atoms with Crippen LogP contribution in [0.2, 0.25) is 0 Å². The zero-order chi connectivity index (χ0) is 17.7. The molecule has 132 valence electrons. The Morgan fingerprint density at radius 2 is 1.80 bits per heavy atom. The number of nitrogens with one attached hydrogen (secondary N) is 2. The molecule has 1 heterocycles. The molecule has 0 radical (unpaired) electrons. The Kier molecular flexibility index (Phi) is 5.50. The van der Waals surface area contributed by atoms with Crippen LogP contribution in [0.25, 0.3) is 0 Å². The molecule has 0 saturated heterocycles. The van der Waals surface area contributed by atoms with Crippen molar-refractivity contribution in [2.75, 3.05) is 13.1 Å². The molecule has 2 aromatic rings. The van der Waals surface area contributed by atoms with Crippen LogP contribution in [0.5, 0.6) is 0 Å². The maximum Gasteiger partial charge on any atom is 0.309 e. The maximum atomic E-state index is 12.0. The molecule has 0 spiro atoms. The van der Waals surface area contributed by atoms with Crippen LogP contribution in [0, 0.1) is 5.92 Å². The first-order valence-corrected chi connectivity index (χ1v) is 9.34. The van der Waals surface area contributed by atoms with E-state index in [1.807, 2.05) is 47.8 Å². The Labute approximate surface area is 151 Å². The standard InChI is InChI=1S/C19H22N2O3S/c22-17(20-11-10-14-5-2-1-3-6-14)18(23)21-13-19(24,15-8-9-15)16-7-4-12-25-16/h1-7,12,15,24H,8-11,13H2,(H,20,22)(H,21,23). The van der Waals surface area contributed by atoms with E-state index < -0.39 is 17.4 Å². The predicted octanol–water partition coefficient (Wildman–Crippen LogP) is 1.82. The molecule has 0 aliphatic heterocycles. The van der Waals surface area contributed by atoms with Gasteiger partial charge in [-0.25, -0.2) is 0 Å². The zero-order valence-corrected chi connectivity index (χ0v) is 14.7.